The van der Waals surface area contributed by atoms with Crippen LogP contribution in [0.25, 0.3) is 10.2 Å². The predicted molar refractivity (Wildman–Crippen MR) is 97.6 cm³/mol. The number of hydrogen-bond donors (Lipinski definition) is 1. The third kappa shape index (κ3) is 3.55. The second-order valence-corrected chi connectivity index (χ2v) is 7.20. The van der Waals surface area contributed by atoms with Crippen LogP contribution in [0.3, 0.4) is 0 Å². The van der Waals surface area contributed by atoms with Gasteiger partial charge >= 0.3 is 0 Å². The molecule has 6 heteroatoms. The fourth-order valence-electron chi connectivity index (χ4n) is 3.25. The largest absolute Gasteiger partial charge is 0.381 e. The molecule has 1 aromatic carbocycles. The van der Waals surface area contributed by atoms with Gasteiger partial charge in [0.15, 0.2) is 5.01 Å². The molecule has 0 saturated carbocycles. The molecule has 1 aliphatic heterocycles. The zero-order valence-electron chi connectivity index (χ0n) is 13.7. The summed E-state index contributed by atoms with van der Waals surface area (Å²) < 4.78 is 6.50. The molecule has 5 nitrogen and oxygen atoms in total. The van der Waals surface area contributed by atoms with Gasteiger partial charge in [-0.3, -0.25) is 9.78 Å². The van der Waals surface area contributed by atoms with Crippen molar-refractivity contribution in [3.05, 3.63) is 59.4 Å². The van der Waals surface area contributed by atoms with E-state index in [1.807, 2.05) is 42.6 Å². The highest BCUT2D eigenvalue weighted by Crippen LogP contribution is 2.30. The molecule has 0 radical (unpaired) electrons. The lowest BCUT2D eigenvalue weighted by Crippen LogP contribution is -2.36. The number of hydrogen-bond acceptors (Lipinski definition) is 5. The third-order valence-electron chi connectivity index (χ3n) is 4.56. The average Bonchev–Trinajstić information content (AvgIpc) is 3.12. The van der Waals surface area contributed by atoms with Crippen LogP contribution in [0.5, 0.6) is 0 Å². The molecule has 0 aliphatic carbocycles. The Hall–Kier alpha value is -2.31. The Bertz CT molecular complexity index is 826. The quantitative estimate of drug-likeness (QED) is 0.778. The Morgan fingerprint density at radius 2 is 2.04 bits per heavy atom. The Morgan fingerprint density at radius 3 is 2.80 bits per heavy atom. The van der Waals surface area contributed by atoms with Gasteiger partial charge in [0.05, 0.1) is 16.3 Å². The highest BCUT2D eigenvalue weighted by atomic mass is 32.1. The number of nitrogens with one attached hydrogen (secondary N) is 1. The van der Waals surface area contributed by atoms with Gasteiger partial charge < -0.3 is 10.1 Å². The highest BCUT2D eigenvalue weighted by molar-refractivity contribution is 7.20. The van der Waals surface area contributed by atoms with Crippen LogP contribution in [-0.2, 0) is 4.74 Å². The summed E-state index contributed by atoms with van der Waals surface area (Å²) in [6.07, 6.45) is 5.44. The van der Waals surface area contributed by atoms with Gasteiger partial charge in [-0.25, -0.2) is 4.98 Å². The van der Waals surface area contributed by atoms with E-state index in [9.17, 15) is 4.79 Å². The zero-order valence-corrected chi connectivity index (χ0v) is 14.5. The van der Waals surface area contributed by atoms with E-state index in [-0.39, 0.29) is 11.9 Å². The summed E-state index contributed by atoms with van der Waals surface area (Å²) >= 11 is 1.43. The maximum Gasteiger partial charge on any atom is 0.280 e. The molecule has 3 aromatic rings. The van der Waals surface area contributed by atoms with Crippen molar-refractivity contribution < 1.29 is 9.53 Å². The van der Waals surface area contributed by atoms with Crippen molar-refractivity contribution in [2.75, 3.05) is 13.2 Å². The van der Waals surface area contributed by atoms with Gasteiger partial charge in [-0.15, -0.1) is 11.3 Å². The number of ether oxygens (including phenoxy) is 1. The molecule has 3 heterocycles. The number of carbonyl (C=O) groups is 1. The first-order valence-electron chi connectivity index (χ1n) is 8.45. The molecule has 1 atom stereocenters. The summed E-state index contributed by atoms with van der Waals surface area (Å²) in [4.78, 5) is 21.5. The van der Waals surface area contributed by atoms with Crippen LogP contribution in [0.1, 0.15) is 34.2 Å². The van der Waals surface area contributed by atoms with E-state index in [1.54, 1.807) is 6.20 Å². The Kier molecular flexibility index (Phi) is 4.72. The van der Waals surface area contributed by atoms with Crippen LogP contribution < -0.4 is 5.32 Å². The van der Waals surface area contributed by atoms with E-state index in [0.717, 1.165) is 41.8 Å². The average molecular weight is 353 g/mol. The fraction of sp³-hybridized carbons (Fsp3) is 0.316. The number of carbonyl (C=O) groups excluding carboxylic acids is 1. The van der Waals surface area contributed by atoms with Crippen molar-refractivity contribution in [3.63, 3.8) is 0 Å². The van der Waals surface area contributed by atoms with Crippen molar-refractivity contribution in [3.8, 4) is 0 Å². The van der Waals surface area contributed by atoms with Crippen LogP contribution in [0.15, 0.2) is 48.8 Å². The first-order chi connectivity index (χ1) is 12.3. The Labute approximate surface area is 150 Å². The minimum Gasteiger partial charge on any atom is -0.381 e. The summed E-state index contributed by atoms with van der Waals surface area (Å²) in [6, 6.07) is 11.7. The number of rotatable bonds is 4. The molecule has 25 heavy (non-hydrogen) atoms. The van der Waals surface area contributed by atoms with E-state index in [1.165, 1.54) is 11.3 Å². The highest BCUT2D eigenvalue weighted by Gasteiger charge is 2.28. The van der Waals surface area contributed by atoms with Crippen molar-refractivity contribution in [1.29, 1.82) is 0 Å². The molecule has 1 saturated heterocycles. The standard InChI is InChI=1S/C19H19N3O2S/c23-18(19-21-15-5-1-2-6-16(15)25-19)22-17(13-7-10-24-11-8-13)14-4-3-9-20-12-14/h1-6,9,12-13,17H,7-8,10-11H2,(H,22,23)/t17-/m0/s1. The van der Waals surface area contributed by atoms with Gasteiger partial charge in [0, 0.05) is 25.6 Å². The van der Waals surface area contributed by atoms with Crippen molar-refractivity contribution in [2.45, 2.75) is 18.9 Å². The normalized spacial score (nSPS) is 16.6. The lowest BCUT2D eigenvalue weighted by atomic mass is 9.87. The number of fused-ring (bicyclic) bond motifs is 1. The summed E-state index contributed by atoms with van der Waals surface area (Å²) in [6.45, 7) is 1.47. The fourth-order valence-corrected chi connectivity index (χ4v) is 4.12. The molecular weight excluding hydrogens is 334 g/mol. The number of aromatic nitrogens is 2. The van der Waals surface area contributed by atoms with Gasteiger partial charge in [0.1, 0.15) is 0 Å². The molecule has 1 amide bonds. The van der Waals surface area contributed by atoms with E-state index < -0.39 is 0 Å². The number of thiazole rings is 1. The number of pyridine rings is 1. The van der Waals surface area contributed by atoms with E-state index >= 15 is 0 Å². The molecule has 0 bridgehead atoms. The second kappa shape index (κ2) is 7.29. The van der Waals surface area contributed by atoms with Crippen molar-refractivity contribution in [2.24, 2.45) is 5.92 Å². The zero-order chi connectivity index (χ0) is 17.1. The SMILES string of the molecule is O=C(N[C@H](c1cccnc1)C1CCOCC1)c1nc2ccccc2s1. The second-order valence-electron chi connectivity index (χ2n) is 6.17. The predicted octanol–water partition coefficient (Wildman–Crippen LogP) is 3.59. The molecule has 1 aliphatic rings. The monoisotopic (exact) mass is 353 g/mol. The van der Waals surface area contributed by atoms with Crippen LogP contribution in [0, 0.1) is 5.92 Å². The van der Waals surface area contributed by atoms with Gasteiger partial charge in [-0.05, 0) is 42.5 Å². The summed E-state index contributed by atoms with van der Waals surface area (Å²) in [7, 11) is 0. The number of para-hydroxylation sites is 1. The first kappa shape index (κ1) is 16.2. The Balaban J connectivity index is 1.59. The lowest BCUT2D eigenvalue weighted by Gasteiger charge is -2.30. The molecule has 0 unspecified atom stereocenters. The summed E-state index contributed by atoms with van der Waals surface area (Å²) in [5, 5.41) is 3.70. The summed E-state index contributed by atoms with van der Waals surface area (Å²) in [5.74, 6) is 0.220. The van der Waals surface area contributed by atoms with Crippen LogP contribution in [0.4, 0.5) is 0 Å². The minimum atomic E-state index is -0.124. The van der Waals surface area contributed by atoms with Crippen LogP contribution >= 0.6 is 11.3 Å². The third-order valence-corrected chi connectivity index (χ3v) is 5.59. The maximum atomic E-state index is 12.8. The molecule has 128 valence electrons. The molecular formula is C19H19N3O2S. The van der Waals surface area contributed by atoms with Crippen LogP contribution in [0.2, 0.25) is 0 Å². The van der Waals surface area contributed by atoms with Gasteiger partial charge in [0.25, 0.3) is 5.91 Å². The molecule has 0 spiro atoms. The van der Waals surface area contributed by atoms with Gasteiger partial charge in [0.2, 0.25) is 0 Å². The van der Waals surface area contributed by atoms with Gasteiger partial charge in [-0.1, -0.05) is 18.2 Å². The molecule has 2 aromatic heterocycles. The van der Waals surface area contributed by atoms with Crippen LogP contribution in [-0.4, -0.2) is 29.1 Å². The van der Waals surface area contributed by atoms with Crippen molar-refractivity contribution in [1.82, 2.24) is 15.3 Å². The number of amides is 1. The Morgan fingerprint density at radius 1 is 1.20 bits per heavy atom. The summed E-state index contributed by atoms with van der Waals surface area (Å²) in [5.41, 5.74) is 1.89. The first-order valence-corrected chi connectivity index (χ1v) is 9.27. The number of benzene rings is 1. The molecule has 1 N–H and O–H groups in total. The van der Waals surface area contributed by atoms with Crippen molar-refractivity contribution >= 4 is 27.5 Å². The van der Waals surface area contributed by atoms with Gasteiger partial charge in [-0.2, -0.15) is 0 Å². The smallest absolute Gasteiger partial charge is 0.280 e. The van der Waals surface area contributed by atoms with E-state index in [4.69, 9.17) is 4.74 Å². The van der Waals surface area contributed by atoms with E-state index in [2.05, 4.69) is 15.3 Å². The molecule has 4 rings (SSSR count). The lowest BCUT2D eigenvalue weighted by molar-refractivity contribution is 0.0513. The minimum absolute atomic E-state index is 0.0721. The molecule has 1 fully saturated rings. The topological polar surface area (TPSA) is 64.1 Å². The van der Waals surface area contributed by atoms with E-state index in [0.29, 0.717) is 10.9 Å². The number of nitrogens with zero attached hydrogens (tertiary/aromatic N) is 2. The maximum absolute atomic E-state index is 12.8.